The standard InChI is InChI=1S/C37H27BrN4O3S3/c38-27-15-7-10-24(20-27)21-30(40-34(43)26-13-5-2-6-14-26)35(44)39-28-16-8-17-29(22-28)48-33(25-11-3-1-4-12-25)36(45)42-37-41-31(23-47-37)32-18-9-19-46-32/h1-23,33H,(H,39,44)(H,40,43)(H,41,42,45)/b30-21+. The molecule has 0 saturated heterocycles. The number of carbonyl (C=O) groups is 3. The molecule has 4 aromatic carbocycles. The average Bonchev–Trinajstić information content (AvgIpc) is 3.81. The first-order valence-electron chi connectivity index (χ1n) is 14.7. The third-order valence-corrected chi connectivity index (χ3v) is 10.3. The molecule has 238 valence electrons. The minimum Gasteiger partial charge on any atom is -0.321 e. The van der Waals surface area contributed by atoms with Crippen LogP contribution in [0.2, 0.25) is 0 Å². The van der Waals surface area contributed by atoms with Gasteiger partial charge in [-0.2, -0.15) is 0 Å². The van der Waals surface area contributed by atoms with Crippen molar-refractivity contribution in [2.24, 2.45) is 0 Å². The summed E-state index contributed by atoms with van der Waals surface area (Å²) in [7, 11) is 0. The Bertz CT molecular complexity index is 2070. The van der Waals surface area contributed by atoms with Gasteiger partial charge in [0.1, 0.15) is 10.9 Å². The fraction of sp³-hybridized carbons (Fsp3) is 0.0270. The van der Waals surface area contributed by atoms with Gasteiger partial charge in [0.15, 0.2) is 5.13 Å². The number of benzene rings is 4. The number of thiazole rings is 1. The Hall–Kier alpha value is -4.81. The molecule has 2 aromatic heterocycles. The number of hydrogen-bond donors (Lipinski definition) is 3. The maximum absolute atomic E-state index is 13.7. The van der Waals surface area contributed by atoms with Crippen LogP contribution in [0.5, 0.6) is 0 Å². The van der Waals surface area contributed by atoms with Crippen molar-refractivity contribution in [2.45, 2.75) is 10.1 Å². The van der Waals surface area contributed by atoms with E-state index in [1.54, 1.807) is 53.8 Å². The number of aromatic nitrogens is 1. The normalized spacial score (nSPS) is 11.8. The first-order chi connectivity index (χ1) is 23.4. The summed E-state index contributed by atoms with van der Waals surface area (Å²) >= 11 is 7.80. The predicted molar refractivity (Wildman–Crippen MR) is 200 cm³/mol. The van der Waals surface area contributed by atoms with Crippen molar-refractivity contribution in [3.8, 4) is 10.6 Å². The second kappa shape index (κ2) is 15.9. The van der Waals surface area contributed by atoms with E-state index in [1.165, 1.54) is 23.1 Å². The third kappa shape index (κ3) is 8.75. The number of halogens is 1. The van der Waals surface area contributed by atoms with Gasteiger partial charge in [0.2, 0.25) is 5.91 Å². The van der Waals surface area contributed by atoms with Gasteiger partial charge in [-0.15, -0.1) is 34.4 Å². The zero-order valence-electron chi connectivity index (χ0n) is 25.1. The van der Waals surface area contributed by atoms with Crippen molar-refractivity contribution in [1.29, 1.82) is 0 Å². The summed E-state index contributed by atoms with van der Waals surface area (Å²) in [6.07, 6.45) is 1.62. The van der Waals surface area contributed by atoms with E-state index < -0.39 is 17.1 Å². The smallest absolute Gasteiger partial charge is 0.272 e. The molecule has 0 aliphatic rings. The van der Waals surface area contributed by atoms with E-state index in [4.69, 9.17) is 0 Å². The van der Waals surface area contributed by atoms with E-state index in [9.17, 15) is 14.4 Å². The van der Waals surface area contributed by atoms with Gasteiger partial charge in [-0.05, 0) is 71.1 Å². The second-order valence-corrected chi connectivity index (χ2v) is 14.2. The molecule has 1 atom stereocenters. The summed E-state index contributed by atoms with van der Waals surface area (Å²) in [5.41, 5.74) is 3.39. The maximum Gasteiger partial charge on any atom is 0.272 e. The number of nitrogens with one attached hydrogen (secondary N) is 3. The summed E-state index contributed by atoms with van der Waals surface area (Å²) in [6, 6.07) is 36.9. The van der Waals surface area contributed by atoms with Crippen molar-refractivity contribution in [3.63, 3.8) is 0 Å². The molecule has 1 unspecified atom stereocenters. The lowest BCUT2D eigenvalue weighted by atomic mass is 10.1. The van der Waals surface area contributed by atoms with Gasteiger partial charge in [-0.1, -0.05) is 88.7 Å². The zero-order valence-corrected chi connectivity index (χ0v) is 29.2. The molecule has 0 aliphatic carbocycles. The molecule has 6 aromatic rings. The molecule has 0 saturated carbocycles. The topological polar surface area (TPSA) is 100 Å². The molecule has 0 radical (unpaired) electrons. The van der Waals surface area contributed by atoms with Gasteiger partial charge < -0.3 is 16.0 Å². The van der Waals surface area contributed by atoms with Crippen LogP contribution in [0.25, 0.3) is 16.6 Å². The number of carbonyl (C=O) groups excluding carboxylic acids is 3. The lowest BCUT2D eigenvalue weighted by Gasteiger charge is -2.17. The molecule has 6 rings (SSSR count). The molecule has 0 spiro atoms. The van der Waals surface area contributed by atoms with Crippen LogP contribution < -0.4 is 16.0 Å². The summed E-state index contributed by atoms with van der Waals surface area (Å²) < 4.78 is 0.838. The molecule has 48 heavy (non-hydrogen) atoms. The lowest BCUT2D eigenvalue weighted by molar-refractivity contribution is -0.116. The molecular weight excluding hydrogens is 725 g/mol. The fourth-order valence-corrected chi connectivity index (χ4v) is 7.60. The number of rotatable bonds is 11. The lowest BCUT2D eigenvalue weighted by Crippen LogP contribution is -2.30. The van der Waals surface area contributed by atoms with Crippen LogP contribution in [-0.4, -0.2) is 22.7 Å². The van der Waals surface area contributed by atoms with Crippen molar-refractivity contribution in [1.82, 2.24) is 10.3 Å². The monoisotopic (exact) mass is 750 g/mol. The summed E-state index contributed by atoms with van der Waals surface area (Å²) in [5, 5.41) is 12.5. The Morgan fingerprint density at radius 1 is 0.792 bits per heavy atom. The number of nitrogens with zero attached hydrogens (tertiary/aromatic N) is 1. The van der Waals surface area contributed by atoms with Crippen molar-refractivity contribution in [2.75, 3.05) is 10.6 Å². The van der Waals surface area contributed by atoms with Crippen LogP contribution in [0.3, 0.4) is 0 Å². The van der Waals surface area contributed by atoms with Crippen LogP contribution in [0, 0.1) is 0 Å². The van der Waals surface area contributed by atoms with Crippen molar-refractivity contribution >= 4 is 85.0 Å². The summed E-state index contributed by atoms with van der Waals surface area (Å²) in [5.74, 6) is -1.12. The highest BCUT2D eigenvalue weighted by Gasteiger charge is 2.24. The van der Waals surface area contributed by atoms with E-state index in [-0.39, 0.29) is 11.6 Å². The van der Waals surface area contributed by atoms with Gasteiger partial charge in [0.25, 0.3) is 11.8 Å². The predicted octanol–water partition coefficient (Wildman–Crippen LogP) is 9.52. The van der Waals surface area contributed by atoms with Crippen LogP contribution in [-0.2, 0) is 9.59 Å². The number of anilines is 2. The van der Waals surface area contributed by atoms with E-state index in [0.29, 0.717) is 16.4 Å². The molecule has 0 bridgehead atoms. The number of hydrogen-bond acceptors (Lipinski definition) is 7. The maximum atomic E-state index is 13.7. The Morgan fingerprint density at radius 3 is 2.31 bits per heavy atom. The molecular formula is C37H27BrN4O3S3. The molecule has 0 fully saturated rings. The minimum absolute atomic E-state index is 0.0758. The highest BCUT2D eigenvalue weighted by Crippen LogP contribution is 2.38. The van der Waals surface area contributed by atoms with Gasteiger partial charge in [0, 0.05) is 26.0 Å². The molecule has 7 nitrogen and oxygen atoms in total. The first kappa shape index (κ1) is 33.1. The second-order valence-electron chi connectivity index (χ2n) is 10.3. The molecule has 0 aliphatic heterocycles. The van der Waals surface area contributed by atoms with E-state index in [2.05, 4.69) is 36.9 Å². The Kier molecular flexibility index (Phi) is 10.9. The van der Waals surface area contributed by atoms with Gasteiger partial charge in [-0.3, -0.25) is 14.4 Å². The number of amides is 3. The largest absolute Gasteiger partial charge is 0.321 e. The van der Waals surface area contributed by atoms with Gasteiger partial charge in [-0.25, -0.2) is 4.98 Å². The SMILES string of the molecule is O=C(Nc1cccc(SC(C(=O)Nc2nc(-c3cccs3)cs2)c2ccccc2)c1)/C(=C\c1cccc(Br)c1)NC(=O)c1ccccc1. The van der Waals surface area contributed by atoms with E-state index in [0.717, 1.165) is 31.1 Å². The number of thiophene rings is 1. The fourth-order valence-electron chi connectivity index (χ4n) is 4.63. The first-order valence-corrected chi connectivity index (χ1v) is 18.1. The Morgan fingerprint density at radius 2 is 1.56 bits per heavy atom. The van der Waals surface area contributed by atoms with Gasteiger partial charge >= 0.3 is 0 Å². The minimum atomic E-state index is -0.594. The Labute approximate surface area is 298 Å². The van der Waals surface area contributed by atoms with Crippen LogP contribution in [0.4, 0.5) is 10.8 Å². The van der Waals surface area contributed by atoms with E-state index >= 15 is 0 Å². The Balaban J connectivity index is 1.21. The number of thioether (sulfide) groups is 1. The van der Waals surface area contributed by atoms with Crippen LogP contribution >= 0.6 is 50.4 Å². The van der Waals surface area contributed by atoms with Crippen LogP contribution in [0.15, 0.2) is 147 Å². The highest BCUT2D eigenvalue weighted by atomic mass is 79.9. The van der Waals surface area contributed by atoms with Crippen molar-refractivity contribution in [3.05, 3.63) is 159 Å². The quantitative estimate of drug-likeness (QED) is 0.0905. The zero-order chi connectivity index (χ0) is 33.3. The van der Waals surface area contributed by atoms with Crippen LogP contribution in [0.1, 0.15) is 26.7 Å². The highest BCUT2D eigenvalue weighted by molar-refractivity contribution is 9.10. The average molecular weight is 752 g/mol. The van der Waals surface area contributed by atoms with Crippen molar-refractivity contribution < 1.29 is 14.4 Å². The molecule has 11 heteroatoms. The molecule has 3 amide bonds. The molecule has 2 heterocycles. The van der Waals surface area contributed by atoms with Gasteiger partial charge in [0.05, 0.1) is 10.6 Å². The molecule has 3 N–H and O–H groups in total. The third-order valence-electron chi connectivity index (χ3n) is 6.88. The summed E-state index contributed by atoms with van der Waals surface area (Å²) in [6.45, 7) is 0. The summed E-state index contributed by atoms with van der Waals surface area (Å²) in [4.78, 5) is 46.8. The van der Waals surface area contributed by atoms with E-state index in [1.807, 2.05) is 95.7 Å².